The van der Waals surface area contributed by atoms with E-state index in [1.54, 1.807) is 0 Å². The summed E-state index contributed by atoms with van der Waals surface area (Å²) >= 11 is 3.98. The number of nitrogens with two attached hydrogens (primary N) is 1. The molecule has 9 N–H and O–H groups in total. The maximum absolute atomic E-state index is 12.6. The standard InChI is InChI=1S/C18H28N6O8S/c1-8(25)14(17(30)22-11(18(31)32)4-9-5-20-7-21-9)24-16(29)12(6-33)23-15(28)10(19)2-3-13(26)27/h5,7-8,10-12,14,25,33H,2-4,6,19H2,1H3,(H,20,21)(H,22,30)(H,23,28)(H,24,29)(H,26,27)(H,31,32). The molecule has 1 heterocycles. The van der Waals surface area contributed by atoms with Crippen LogP contribution in [0.15, 0.2) is 12.5 Å². The molecule has 14 nitrogen and oxygen atoms in total. The molecule has 1 aromatic heterocycles. The number of aromatic nitrogens is 2. The number of aliphatic carboxylic acids is 2. The molecule has 1 aromatic rings. The molecule has 15 heteroatoms. The summed E-state index contributed by atoms with van der Waals surface area (Å²) in [5.74, 6) is -5.33. The van der Waals surface area contributed by atoms with Crippen molar-refractivity contribution >= 4 is 42.3 Å². The van der Waals surface area contributed by atoms with Crippen LogP contribution < -0.4 is 21.7 Å². The summed E-state index contributed by atoms with van der Waals surface area (Å²) in [6, 6.07) is -5.36. The molecule has 0 aliphatic carbocycles. The minimum Gasteiger partial charge on any atom is -0.481 e. The second-order valence-corrected chi connectivity index (χ2v) is 7.56. The number of H-pyrrole nitrogens is 1. The monoisotopic (exact) mass is 488 g/mol. The average molecular weight is 489 g/mol. The van der Waals surface area contributed by atoms with Gasteiger partial charge in [-0.1, -0.05) is 0 Å². The highest BCUT2D eigenvalue weighted by Gasteiger charge is 2.32. The number of carbonyl (C=O) groups excluding carboxylic acids is 3. The quantitative estimate of drug-likeness (QED) is 0.120. The van der Waals surface area contributed by atoms with Crippen LogP contribution >= 0.6 is 12.6 Å². The third kappa shape index (κ3) is 9.46. The molecular formula is C18H28N6O8S. The fourth-order valence-electron chi connectivity index (χ4n) is 2.62. The number of carbonyl (C=O) groups is 5. The summed E-state index contributed by atoms with van der Waals surface area (Å²) in [6.07, 6.45) is 0.689. The highest BCUT2D eigenvalue weighted by atomic mass is 32.1. The highest BCUT2D eigenvalue weighted by Crippen LogP contribution is 2.03. The average Bonchev–Trinajstić information content (AvgIpc) is 3.25. The number of nitrogens with one attached hydrogen (secondary N) is 4. The lowest BCUT2D eigenvalue weighted by Crippen LogP contribution is -2.60. The van der Waals surface area contributed by atoms with E-state index in [0.29, 0.717) is 5.69 Å². The summed E-state index contributed by atoms with van der Waals surface area (Å²) in [6.45, 7) is 1.21. The number of hydrogen-bond donors (Lipinski definition) is 9. The second-order valence-electron chi connectivity index (χ2n) is 7.19. The topological polar surface area (TPSA) is 237 Å². The number of rotatable bonds is 14. The molecule has 5 unspecified atom stereocenters. The Kier molecular flexibility index (Phi) is 11.3. The first-order valence-electron chi connectivity index (χ1n) is 9.83. The molecule has 0 aromatic carbocycles. The normalized spacial score (nSPS) is 15.4. The van der Waals surface area contributed by atoms with E-state index in [-0.39, 0.29) is 25.0 Å². The smallest absolute Gasteiger partial charge is 0.326 e. The lowest BCUT2D eigenvalue weighted by Gasteiger charge is -2.26. The fourth-order valence-corrected chi connectivity index (χ4v) is 2.88. The number of imidazole rings is 1. The van der Waals surface area contributed by atoms with Crippen molar-refractivity contribution in [3.05, 3.63) is 18.2 Å². The van der Waals surface area contributed by atoms with Crippen molar-refractivity contribution in [2.75, 3.05) is 5.75 Å². The Labute approximate surface area is 194 Å². The Balaban J connectivity index is 2.79. The van der Waals surface area contributed by atoms with Gasteiger partial charge in [-0.15, -0.1) is 0 Å². The van der Waals surface area contributed by atoms with Gasteiger partial charge >= 0.3 is 11.9 Å². The lowest BCUT2D eigenvalue weighted by molar-refractivity contribution is -0.143. The van der Waals surface area contributed by atoms with Gasteiger partial charge in [0.2, 0.25) is 17.7 Å². The number of aliphatic hydroxyl groups excluding tert-OH is 1. The highest BCUT2D eigenvalue weighted by molar-refractivity contribution is 7.80. The minimum absolute atomic E-state index is 0.120. The third-order valence-corrected chi connectivity index (χ3v) is 4.84. The lowest BCUT2D eigenvalue weighted by atomic mass is 10.1. The SMILES string of the molecule is CC(O)C(NC(=O)C(CS)NC(=O)C(N)CCC(=O)O)C(=O)NC(Cc1cnc[nH]1)C(=O)O. The zero-order valence-electron chi connectivity index (χ0n) is 17.7. The predicted molar refractivity (Wildman–Crippen MR) is 116 cm³/mol. The van der Waals surface area contributed by atoms with Gasteiger partial charge < -0.3 is 42.0 Å². The van der Waals surface area contributed by atoms with Crippen LogP contribution in [0.1, 0.15) is 25.5 Å². The molecule has 0 saturated heterocycles. The van der Waals surface area contributed by atoms with E-state index in [2.05, 4.69) is 38.5 Å². The third-order valence-electron chi connectivity index (χ3n) is 4.48. The van der Waals surface area contributed by atoms with E-state index in [1.807, 2.05) is 0 Å². The van der Waals surface area contributed by atoms with E-state index in [0.717, 1.165) is 0 Å². The summed E-state index contributed by atoms with van der Waals surface area (Å²) in [5.41, 5.74) is 6.05. The van der Waals surface area contributed by atoms with Gasteiger partial charge in [0.1, 0.15) is 18.1 Å². The van der Waals surface area contributed by atoms with Gasteiger partial charge in [-0.25, -0.2) is 9.78 Å². The summed E-state index contributed by atoms with van der Waals surface area (Å²) in [4.78, 5) is 65.8. The van der Waals surface area contributed by atoms with Crippen LogP contribution in [0.3, 0.4) is 0 Å². The van der Waals surface area contributed by atoms with E-state index < -0.39 is 59.9 Å². The number of thiol groups is 1. The van der Waals surface area contributed by atoms with Crippen LogP contribution in [-0.4, -0.2) is 91.0 Å². The summed E-state index contributed by atoms with van der Waals surface area (Å²) in [7, 11) is 0. The van der Waals surface area contributed by atoms with Crippen molar-refractivity contribution in [1.82, 2.24) is 25.9 Å². The second kappa shape index (κ2) is 13.4. The Bertz CT molecular complexity index is 834. The van der Waals surface area contributed by atoms with Gasteiger partial charge in [-0.05, 0) is 13.3 Å². The predicted octanol–water partition coefficient (Wildman–Crippen LogP) is -3.01. The number of carboxylic acid groups (broad SMARTS) is 2. The maximum atomic E-state index is 12.6. The fraction of sp³-hybridized carbons (Fsp3) is 0.556. The van der Waals surface area contributed by atoms with Crippen LogP contribution in [0.5, 0.6) is 0 Å². The Morgan fingerprint density at radius 2 is 1.73 bits per heavy atom. The van der Waals surface area contributed by atoms with Gasteiger partial charge in [0.05, 0.1) is 18.5 Å². The van der Waals surface area contributed by atoms with Crippen molar-refractivity contribution in [2.24, 2.45) is 5.73 Å². The summed E-state index contributed by atoms with van der Waals surface area (Å²) < 4.78 is 0. The molecule has 5 atom stereocenters. The largest absolute Gasteiger partial charge is 0.481 e. The van der Waals surface area contributed by atoms with Gasteiger partial charge in [-0.3, -0.25) is 19.2 Å². The Morgan fingerprint density at radius 1 is 1.09 bits per heavy atom. The molecule has 3 amide bonds. The molecular weight excluding hydrogens is 460 g/mol. The van der Waals surface area contributed by atoms with Gasteiger partial charge in [-0.2, -0.15) is 12.6 Å². The molecule has 0 radical (unpaired) electrons. The van der Waals surface area contributed by atoms with Crippen molar-refractivity contribution in [1.29, 1.82) is 0 Å². The molecule has 0 aliphatic heterocycles. The van der Waals surface area contributed by atoms with Gasteiger partial charge in [0.15, 0.2) is 0 Å². The summed E-state index contributed by atoms with van der Waals surface area (Å²) in [5, 5.41) is 34.8. The van der Waals surface area contributed by atoms with Gasteiger partial charge in [0, 0.05) is 30.5 Å². The number of aromatic amines is 1. The number of nitrogens with zero attached hydrogens (tertiary/aromatic N) is 1. The molecule has 0 saturated carbocycles. The van der Waals surface area contributed by atoms with Crippen LogP contribution in [0.2, 0.25) is 0 Å². The zero-order chi connectivity index (χ0) is 25.1. The molecule has 0 aliphatic rings. The molecule has 1 rings (SSSR count). The number of carboxylic acids is 2. The molecule has 0 fully saturated rings. The van der Waals surface area contributed by atoms with E-state index in [1.165, 1.54) is 19.4 Å². The van der Waals surface area contributed by atoms with Crippen molar-refractivity contribution in [2.45, 2.75) is 56.5 Å². The van der Waals surface area contributed by atoms with E-state index >= 15 is 0 Å². The first-order chi connectivity index (χ1) is 15.5. The Morgan fingerprint density at radius 3 is 2.21 bits per heavy atom. The van der Waals surface area contributed by atoms with Crippen molar-refractivity contribution in [3.63, 3.8) is 0 Å². The number of amides is 3. The Hall–Kier alpha value is -3.17. The first-order valence-corrected chi connectivity index (χ1v) is 10.5. The molecule has 0 spiro atoms. The van der Waals surface area contributed by atoms with E-state index in [4.69, 9.17) is 10.8 Å². The van der Waals surface area contributed by atoms with Crippen LogP contribution in [0.25, 0.3) is 0 Å². The van der Waals surface area contributed by atoms with Crippen LogP contribution in [-0.2, 0) is 30.4 Å². The molecule has 0 bridgehead atoms. The van der Waals surface area contributed by atoms with Crippen molar-refractivity contribution in [3.8, 4) is 0 Å². The first kappa shape index (κ1) is 27.9. The molecule has 33 heavy (non-hydrogen) atoms. The molecule has 184 valence electrons. The number of aliphatic hydroxyl groups is 1. The van der Waals surface area contributed by atoms with Gasteiger partial charge in [0.25, 0.3) is 0 Å². The maximum Gasteiger partial charge on any atom is 0.326 e. The minimum atomic E-state index is -1.54. The zero-order valence-corrected chi connectivity index (χ0v) is 18.6. The van der Waals surface area contributed by atoms with E-state index in [9.17, 15) is 34.2 Å². The van der Waals surface area contributed by atoms with Crippen LogP contribution in [0.4, 0.5) is 0 Å². The van der Waals surface area contributed by atoms with Crippen molar-refractivity contribution < 1.29 is 39.3 Å². The van der Waals surface area contributed by atoms with Crippen LogP contribution in [0, 0.1) is 0 Å². The number of hydrogen-bond acceptors (Lipinski definition) is 9.